The molecule has 138 valence electrons. The van der Waals surface area contributed by atoms with Crippen LogP contribution in [0, 0.1) is 0 Å². The summed E-state index contributed by atoms with van der Waals surface area (Å²) in [6, 6.07) is 18.3. The molecule has 1 saturated heterocycles. The van der Waals surface area contributed by atoms with Crippen molar-refractivity contribution in [3.63, 3.8) is 0 Å². The monoisotopic (exact) mass is 374 g/mol. The molecule has 4 rings (SSSR count). The number of anilines is 1. The van der Waals surface area contributed by atoms with Gasteiger partial charge in [0.1, 0.15) is 17.1 Å². The quantitative estimate of drug-likeness (QED) is 0.540. The van der Waals surface area contributed by atoms with Gasteiger partial charge in [-0.3, -0.25) is 15.0 Å². The number of nitrogens with one attached hydrogen (secondary N) is 1. The first-order valence-electron chi connectivity index (χ1n) is 8.39. The molecule has 0 spiro atoms. The lowest BCUT2D eigenvalue weighted by Crippen LogP contribution is -2.35. The van der Waals surface area contributed by atoms with Crippen LogP contribution < -0.4 is 10.4 Å². The van der Waals surface area contributed by atoms with Crippen molar-refractivity contribution in [2.45, 2.75) is 0 Å². The Hall–Kier alpha value is -4.13. The van der Waals surface area contributed by atoms with Crippen LogP contribution in [-0.4, -0.2) is 22.9 Å². The lowest BCUT2D eigenvalue weighted by atomic mass is 10.1. The molecule has 0 saturated carbocycles. The lowest BCUT2D eigenvalue weighted by molar-refractivity contribution is -0.117. The summed E-state index contributed by atoms with van der Waals surface area (Å²) in [5, 5.41) is 10.3. The maximum absolute atomic E-state index is 12.6. The van der Waals surface area contributed by atoms with Gasteiger partial charge in [0.25, 0.3) is 11.8 Å². The molecule has 1 aliphatic heterocycles. The summed E-state index contributed by atoms with van der Waals surface area (Å²) < 4.78 is 5.68. The number of carbonyl (C=O) groups is 3. The first-order valence-corrected chi connectivity index (χ1v) is 8.39. The van der Waals surface area contributed by atoms with Crippen LogP contribution in [0.2, 0.25) is 0 Å². The van der Waals surface area contributed by atoms with Crippen LogP contribution in [0.25, 0.3) is 17.4 Å². The highest BCUT2D eigenvalue weighted by atomic mass is 16.4. The normalized spacial score (nSPS) is 15.1. The zero-order valence-electron chi connectivity index (χ0n) is 14.5. The molecule has 1 fully saturated rings. The van der Waals surface area contributed by atoms with Crippen molar-refractivity contribution in [2.75, 3.05) is 5.01 Å². The molecule has 0 bridgehead atoms. The Morgan fingerprint density at radius 1 is 1.00 bits per heavy atom. The van der Waals surface area contributed by atoms with Gasteiger partial charge in [0.2, 0.25) is 0 Å². The number of carboxylic acids is 1. The third kappa shape index (κ3) is 3.16. The van der Waals surface area contributed by atoms with Gasteiger partial charge in [-0.25, -0.2) is 9.80 Å². The van der Waals surface area contributed by atoms with Crippen molar-refractivity contribution >= 4 is 29.5 Å². The van der Waals surface area contributed by atoms with E-state index in [1.807, 2.05) is 6.07 Å². The zero-order chi connectivity index (χ0) is 19.7. The molecule has 2 aromatic carbocycles. The molecule has 0 atom stereocenters. The van der Waals surface area contributed by atoms with Gasteiger partial charge in [-0.2, -0.15) is 0 Å². The molecular formula is C21H14N2O5. The van der Waals surface area contributed by atoms with E-state index in [1.165, 1.54) is 23.2 Å². The Morgan fingerprint density at radius 2 is 1.79 bits per heavy atom. The van der Waals surface area contributed by atoms with Crippen LogP contribution in [0.5, 0.6) is 0 Å². The van der Waals surface area contributed by atoms with Gasteiger partial charge < -0.3 is 9.52 Å². The number of nitrogens with zero attached hydrogens (tertiary/aromatic N) is 1. The Bertz CT molecular complexity index is 1110. The second-order valence-corrected chi connectivity index (χ2v) is 6.06. The summed E-state index contributed by atoms with van der Waals surface area (Å²) in [4.78, 5) is 35.9. The van der Waals surface area contributed by atoms with Gasteiger partial charge in [-0.05, 0) is 42.5 Å². The fourth-order valence-electron chi connectivity index (χ4n) is 2.85. The Morgan fingerprint density at radius 3 is 2.54 bits per heavy atom. The van der Waals surface area contributed by atoms with Crippen molar-refractivity contribution in [3.8, 4) is 11.3 Å². The Kier molecular flexibility index (Phi) is 4.25. The maximum Gasteiger partial charge on any atom is 0.335 e. The molecule has 0 radical (unpaired) electrons. The van der Waals surface area contributed by atoms with Crippen LogP contribution in [0.15, 0.2) is 76.7 Å². The van der Waals surface area contributed by atoms with Crippen LogP contribution >= 0.6 is 0 Å². The fourth-order valence-corrected chi connectivity index (χ4v) is 2.85. The van der Waals surface area contributed by atoms with E-state index in [1.54, 1.807) is 48.5 Å². The van der Waals surface area contributed by atoms with E-state index in [0.717, 1.165) is 0 Å². The number of aromatic carboxylic acids is 1. The highest BCUT2D eigenvalue weighted by Gasteiger charge is 2.34. The minimum atomic E-state index is -1.04. The number of carbonyl (C=O) groups excluding carboxylic acids is 2. The highest BCUT2D eigenvalue weighted by Crippen LogP contribution is 2.26. The number of carboxylic acid groups (broad SMARTS) is 1. The minimum absolute atomic E-state index is 0.0518. The van der Waals surface area contributed by atoms with Crippen LogP contribution in [0.4, 0.5) is 5.69 Å². The van der Waals surface area contributed by atoms with E-state index in [9.17, 15) is 14.4 Å². The molecule has 3 aromatic rings. The Labute approximate surface area is 159 Å². The van der Waals surface area contributed by atoms with E-state index in [4.69, 9.17) is 9.52 Å². The van der Waals surface area contributed by atoms with Gasteiger partial charge in [-0.15, -0.1) is 0 Å². The number of para-hydroxylation sites is 1. The molecule has 1 aliphatic rings. The molecular weight excluding hydrogens is 360 g/mol. The second-order valence-electron chi connectivity index (χ2n) is 6.06. The molecule has 0 aliphatic carbocycles. The summed E-state index contributed by atoms with van der Waals surface area (Å²) in [7, 11) is 0. The van der Waals surface area contributed by atoms with Crippen molar-refractivity contribution in [1.82, 2.24) is 5.43 Å². The minimum Gasteiger partial charge on any atom is -0.478 e. The molecule has 28 heavy (non-hydrogen) atoms. The number of hydrazine groups is 1. The van der Waals surface area contributed by atoms with Gasteiger partial charge in [0, 0.05) is 5.56 Å². The third-order valence-electron chi connectivity index (χ3n) is 4.21. The number of amides is 2. The number of rotatable bonds is 4. The van der Waals surface area contributed by atoms with Crippen molar-refractivity contribution < 1.29 is 23.9 Å². The maximum atomic E-state index is 12.6. The number of hydrogen-bond donors (Lipinski definition) is 2. The molecule has 7 heteroatoms. The summed E-state index contributed by atoms with van der Waals surface area (Å²) in [5.41, 5.74) is 3.74. The molecule has 7 nitrogen and oxygen atoms in total. The summed E-state index contributed by atoms with van der Waals surface area (Å²) >= 11 is 0. The van der Waals surface area contributed by atoms with Crippen LogP contribution in [0.3, 0.4) is 0 Å². The van der Waals surface area contributed by atoms with E-state index < -0.39 is 17.8 Å². The van der Waals surface area contributed by atoms with Crippen molar-refractivity contribution in [1.29, 1.82) is 0 Å². The smallest absolute Gasteiger partial charge is 0.335 e. The fraction of sp³-hybridized carbons (Fsp3) is 0. The summed E-state index contributed by atoms with van der Waals surface area (Å²) in [5.74, 6) is -1.31. The van der Waals surface area contributed by atoms with E-state index in [0.29, 0.717) is 22.8 Å². The standard InChI is InChI=1S/C21H14N2O5/c24-19-17(20(25)23(22-19)15-7-2-1-3-8-15)12-16-9-10-18(28-16)13-5-4-6-14(11-13)21(26)27/h1-12H,(H,22,24)(H,26,27)/b17-12+. The number of hydrogen-bond acceptors (Lipinski definition) is 4. The van der Waals surface area contributed by atoms with E-state index in [-0.39, 0.29) is 11.1 Å². The summed E-state index contributed by atoms with van der Waals surface area (Å²) in [6.45, 7) is 0. The topological polar surface area (TPSA) is 99.9 Å². The average Bonchev–Trinajstić information content (AvgIpc) is 3.29. The van der Waals surface area contributed by atoms with Gasteiger partial charge >= 0.3 is 5.97 Å². The van der Waals surface area contributed by atoms with E-state index in [2.05, 4.69) is 5.43 Å². The van der Waals surface area contributed by atoms with E-state index >= 15 is 0 Å². The number of benzene rings is 2. The zero-order valence-corrected chi connectivity index (χ0v) is 14.5. The molecule has 0 unspecified atom stereocenters. The largest absolute Gasteiger partial charge is 0.478 e. The first kappa shape index (κ1) is 17.3. The van der Waals surface area contributed by atoms with Crippen LogP contribution in [0.1, 0.15) is 16.1 Å². The van der Waals surface area contributed by atoms with Crippen molar-refractivity contribution in [2.24, 2.45) is 0 Å². The SMILES string of the molecule is O=C1NN(c2ccccc2)C(=O)/C1=C/c1ccc(-c2cccc(C(=O)O)c2)o1. The van der Waals surface area contributed by atoms with Gasteiger partial charge in [0.15, 0.2) is 0 Å². The van der Waals surface area contributed by atoms with Gasteiger partial charge in [0.05, 0.1) is 11.3 Å². The average molecular weight is 374 g/mol. The third-order valence-corrected chi connectivity index (χ3v) is 4.21. The summed E-state index contributed by atoms with van der Waals surface area (Å²) in [6.07, 6.45) is 1.37. The van der Waals surface area contributed by atoms with Crippen LogP contribution in [-0.2, 0) is 9.59 Å². The predicted octanol–water partition coefficient (Wildman–Crippen LogP) is 3.11. The number of furan rings is 1. The molecule has 1 aromatic heterocycles. The predicted molar refractivity (Wildman–Crippen MR) is 101 cm³/mol. The lowest BCUT2D eigenvalue weighted by Gasteiger charge is -2.13. The second kappa shape index (κ2) is 6.88. The first-order chi connectivity index (χ1) is 13.5. The van der Waals surface area contributed by atoms with Gasteiger partial charge in [-0.1, -0.05) is 30.3 Å². The molecule has 2 N–H and O–H groups in total. The Balaban J connectivity index is 1.62. The molecule has 2 heterocycles. The molecule has 2 amide bonds. The highest BCUT2D eigenvalue weighted by molar-refractivity contribution is 6.31. The van der Waals surface area contributed by atoms with Crippen molar-refractivity contribution in [3.05, 3.63) is 83.6 Å².